The van der Waals surface area contributed by atoms with Crippen LogP contribution in [0.3, 0.4) is 0 Å². The van der Waals surface area contributed by atoms with Crippen molar-refractivity contribution in [2.24, 2.45) is 0 Å². The predicted molar refractivity (Wildman–Crippen MR) is 57.9 cm³/mol. The van der Waals surface area contributed by atoms with Crippen LogP contribution >= 0.6 is 0 Å². The zero-order valence-electron chi connectivity index (χ0n) is 9.26. The Balaban J connectivity index is 3.71. The Bertz CT molecular complexity index is 599. The summed E-state index contributed by atoms with van der Waals surface area (Å²) in [6, 6.07) is 5.64. The van der Waals surface area contributed by atoms with Crippen LogP contribution in [0.5, 0.6) is 0 Å². The van der Waals surface area contributed by atoms with Gasteiger partial charge in [-0.05, 0) is 23.6 Å². The third-order valence-corrected chi connectivity index (χ3v) is 3.07. The van der Waals surface area contributed by atoms with Crippen molar-refractivity contribution in [3.05, 3.63) is 28.8 Å². The first kappa shape index (κ1) is 13.2. The Labute approximate surface area is 99.7 Å². The molecule has 0 bridgehead atoms. The van der Waals surface area contributed by atoms with E-state index in [2.05, 4.69) is 0 Å². The van der Waals surface area contributed by atoms with Crippen molar-refractivity contribution >= 4 is 10.1 Å². The average Bonchev–Trinajstić information content (AvgIpc) is 2.25. The zero-order valence-corrected chi connectivity index (χ0v) is 10.1. The van der Waals surface area contributed by atoms with Crippen LogP contribution in [0.1, 0.15) is 36.5 Å². The Morgan fingerprint density at radius 3 is 1.82 bits per heavy atom. The smallest absolute Gasteiger partial charge is 0.124 e. The van der Waals surface area contributed by atoms with Crippen LogP contribution in [-0.2, 0) is 10.1 Å². The summed E-state index contributed by atoms with van der Waals surface area (Å²) >= 11 is 0. The normalized spacial score (nSPS) is 10.9. The van der Waals surface area contributed by atoms with E-state index in [0.29, 0.717) is 5.56 Å². The lowest BCUT2D eigenvalue weighted by molar-refractivity contribution is 0.463. The fourth-order valence-electron chi connectivity index (χ4n) is 1.58. The summed E-state index contributed by atoms with van der Waals surface area (Å²) in [6.07, 6.45) is 0. The van der Waals surface area contributed by atoms with E-state index in [-0.39, 0.29) is 17.0 Å². The fraction of sp³-hybridized carbons (Fsp3) is 0.273. The summed E-state index contributed by atoms with van der Waals surface area (Å²) in [4.78, 5) is -0.546. The SMILES string of the molecule is CC(C)c1c(C#N)cc(S(=O)(=O)[O-])cc1C#N. The highest BCUT2D eigenvalue weighted by Crippen LogP contribution is 2.26. The second kappa shape index (κ2) is 4.54. The molecule has 0 aliphatic carbocycles. The van der Waals surface area contributed by atoms with Crippen LogP contribution in [0.25, 0.3) is 0 Å². The van der Waals surface area contributed by atoms with Gasteiger partial charge in [0.2, 0.25) is 0 Å². The molecule has 88 valence electrons. The topological polar surface area (TPSA) is 105 Å². The molecule has 0 unspecified atom stereocenters. The molecule has 0 aliphatic rings. The molecule has 0 saturated heterocycles. The van der Waals surface area contributed by atoms with Gasteiger partial charge in [-0.2, -0.15) is 10.5 Å². The van der Waals surface area contributed by atoms with Crippen LogP contribution in [0.15, 0.2) is 17.0 Å². The van der Waals surface area contributed by atoms with Gasteiger partial charge in [0.05, 0.1) is 28.2 Å². The maximum atomic E-state index is 10.9. The van der Waals surface area contributed by atoms with Crippen LogP contribution in [0.2, 0.25) is 0 Å². The van der Waals surface area contributed by atoms with E-state index in [9.17, 15) is 13.0 Å². The number of rotatable bonds is 2. The van der Waals surface area contributed by atoms with Gasteiger partial charge in [0.15, 0.2) is 0 Å². The van der Waals surface area contributed by atoms with E-state index in [4.69, 9.17) is 10.5 Å². The fourth-order valence-corrected chi connectivity index (χ4v) is 2.10. The van der Waals surface area contributed by atoms with Gasteiger partial charge in [0.1, 0.15) is 10.1 Å². The summed E-state index contributed by atoms with van der Waals surface area (Å²) in [5.74, 6) is -0.109. The van der Waals surface area contributed by atoms with Crippen molar-refractivity contribution in [3.8, 4) is 12.1 Å². The Morgan fingerprint density at radius 1 is 1.18 bits per heavy atom. The van der Waals surface area contributed by atoms with E-state index in [0.717, 1.165) is 12.1 Å². The van der Waals surface area contributed by atoms with Gasteiger partial charge >= 0.3 is 0 Å². The molecular weight excluding hydrogens is 240 g/mol. The minimum atomic E-state index is -4.66. The Kier molecular flexibility index (Phi) is 3.52. The number of benzene rings is 1. The molecule has 0 N–H and O–H groups in total. The summed E-state index contributed by atoms with van der Waals surface area (Å²) in [5, 5.41) is 17.8. The Hall–Kier alpha value is -1.89. The molecule has 0 atom stereocenters. The molecule has 1 aromatic rings. The lowest BCUT2D eigenvalue weighted by atomic mass is 9.93. The predicted octanol–water partition coefficient (Wildman–Crippen LogP) is 1.46. The number of nitrogens with zero attached hydrogens (tertiary/aromatic N) is 2. The van der Waals surface area contributed by atoms with E-state index in [1.807, 2.05) is 12.1 Å². The molecule has 0 saturated carbocycles. The minimum Gasteiger partial charge on any atom is -0.744 e. The van der Waals surface area contributed by atoms with Gasteiger partial charge in [-0.3, -0.25) is 0 Å². The van der Waals surface area contributed by atoms with Gasteiger partial charge in [0.25, 0.3) is 0 Å². The second-order valence-corrected chi connectivity index (χ2v) is 5.14. The molecule has 0 fully saturated rings. The standard InChI is InChI=1S/C11H10N2O3S/c1-7(2)11-8(5-12)3-10(17(14,15)16)4-9(11)6-13/h3-4,7H,1-2H3,(H,14,15,16)/p-1. The first-order valence-electron chi connectivity index (χ1n) is 4.75. The zero-order chi connectivity index (χ0) is 13.2. The van der Waals surface area contributed by atoms with Crippen LogP contribution < -0.4 is 0 Å². The molecule has 0 radical (unpaired) electrons. The first-order chi connectivity index (χ1) is 7.81. The third kappa shape index (κ3) is 2.62. The largest absolute Gasteiger partial charge is 0.744 e. The number of nitriles is 2. The summed E-state index contributed by atoms with van der Waals surface area (Å²) in [5.41, 5.74) is 0.560. The van der Waals surface area contributed by atoms with E-state index < -0.39 is 15.0 Å². The Morgan fingerprint density at radius 2 is 1.59 bits per heavy atom. The first-order valence-corrected chi connectivity index (χ1v) is 6.16. The van der Waals surface area contributed by atoms with Crippen molar-refractivity contribution in [1.82, 2.24) is 0 Å². The highest BCUT2D eigenvalue weighted by atomic mass is 32.2. The lowest BCUT2D eigenvalue weighted by Crippen LogP contribution is -2.04. The van der Waals surface area contributed by atoms with Crippen molar-refractivity contribution in [3.63, 3.8) is 0 Å². The molecule has 0 spiro atoms. The van der Waals surface area contributed by atoms with Crippen LogP contribution in [0, 0.1) is 22.7 Å². The van der Waals surface area contributed by atoms with E-state index in [1.165, 1.54) is 0 Å². The molecular formula is C11H9N2O3S-. The highest BCUT2D eigenvalue weighted by molar-refractivity contribution is 7.85. The quantitative estimate of drug-likeness (QED) is 0.737. The maximum absolute atomic E-state index is 10.9. The lowest BCUT2D eigenvalue weighted by Gasteiger charge is -2.14. The summed E-state index contributed by atoms with van der Waals surface area (Å²) < 4.78 is 32.6. The molecule has 6 heteroatoms. The van der Waals surface area contributed by atoms with Gasteiger partial charge in [-0.25, -0.2) is 8.42 Å². The van der Waals surface area contributed by atoms with Gasteiger partial charge in [-0.1, -0.05) is 13.8 Å². The third-order valence-electron chi connectivity index (χ3n) is 2.26. The number of hydrogen-bond acceptors (Lipinski definition) is 5. The van der Waals surface area contributed by atoms with Gasteiger partial charge < -0.3 is 4.55 Å². The maximum Gasteiger partial charge on any atom is 0.124 e. The molecule has 0 aromatic heterocycles. The molecule has 0 amide bonds. The second-order valence-electron chi connectivity index (χ2n) is 3.76. The van der Waals surface area contributed by atoms with Crippen molar-refractivity contribution in [2.75, 3.05) is 0 Å². The summed E-state index contributed by atoms with van der Waals surface area (Å²) in [7, 11) is -4.66. The number of hydrogen-bond donors (Lipinski definition) is 0. The molecule has 5 nitrogen and oxygen atoms in total. The van der Waals surface area contributed by atoms with Crippen molar-refractivity contribution in [1.29, 1.82) is 10.5 Å². The average molecular weight is 249 g/mol. The molecule has 1 aromatic carbocycles. The summed E-state index contributed by atoms with van der Waals surface area (Å²) in [6.45, 7) is 3.56. The van der Waals surface area contributed by atoms with Crippen molar-refractivity contribution < 1.29 is 13.0 Å². The van der Waals surface area contributed by atoms with Crippen molar-refractivity contribution in [2.45, 2.75) is 24.7 Å². The van der Waals surface area contributed by atoms with Gasteiger partial charge in [0, 0.05) is 0 Å². The van der Waals surface area contributed by atoms with Gasteiger partial charge in [-0.15, -0.1) is 0 Å². The van der Waals surface area contributed by atoms with Crippen LogP contribution in [0.4, 0.5) is 0 Å². The molecule has 1 rings (SSSR count). The van der Waals surface area contributed by atoms with E-state index in [1.54, 1.807) is 13.8 Å². The van der Waals surface area contributed by atoms with E-state index >= 15 is 0 Å². The molecule has 0 aliphatic heterocycles. The highest BCUT2D eigenvalue weighted by Gasteiger charge is 2.16. The molecule has 0 heterocycles. The monoisotopic (exact) mass is 249 g/mol. The minimum absolute atomic E-state index is 0.0495. The van der Waals surface area contributed by atoms with Crippen LogP contribution in [-0.4, -0.2) is 13.0 Å². The molecule has 17 heavy (non-hydrogen) atoms.